The monoisotopic (exact) mass is 287 g/mol. The summed E-state index contributed by atoms with van der Waals surface area (Å²) in [5, 5.41) is -0.266. The van der Waals surface area contributed by atoms with E-state index in [1.807, 2.05) is 18.2 Å². The van der Waals surface area contributed by atoms with Gasteiger partial charge in [0.25, 0.3) is 0 Å². The molecule has 3 aromatic rings. The number of oxazole rings is 1. The SMILES string of the molecule is Cc1cc(C)cc(C(Cl)c2ccc3[nH]c(=O)oc3c2)c1. The van der Waals surface area contributed by atoms with Crippen LogP contribution in [-0.2, 0) is 0 Å². The van der Waals surface area contributed by atoms with Crippen molar-refractivity contribution in [2.45, 2.75) is 19.2 Å². The van der Waals surface area contributed by atoms with E-state index in [1.165, 1.54) is 11.1 Å². The highest BCUT2D eigenvalue weighted by Crippen LogP contribution is 2.31. The van der Waals surface area contributed by atoms with Gasteiger partial charge in [-0.2, -0.15) is 0 Å². The third-order valence-electron chi connectivity index (χ3n) is 3.27. The molecule has 0 aliphatic heterocycles. The van der Waals surface area contributed by atoms with Crippen LogP contribution >= 0.6 is 11.6 Å². The number of aromatic nitrogens is 1. The van der Waals surface area contributed by atoms with Crippen LogP contribution in [0.5, 0.6) is 0 Å². The smallest absolute Gasteiger partial charge is 0.408 e. The molecule has 4 heteroatoms. The Kier molecular flexibility index (Phi) is 3.14. The second-order valence-electron chi connectivity index (χ2n) is 5.05. The van der Waals surface area contributed by atoms with Crippen molar-refractivity contribution >= 4 is 22.7 Å². The molecule has 3 nitrogen and oxygen atoms in total. The zero-order chi connectivity index (χ0) is 14.3. The van der Waals surface area contributed by atoms with Crippen molar-refractivity contribution in [2.75, 3.05) is 0 Å². The Labute approximate surface area is 121 Å². The largest absolute Gasteiger partial charge is 0.417 e. The molecule has 3 rings (SSSR count). The van der Waals surface area contributed by atoms with Gasteiger partial charge in [-0.05, 0) is 37.1 Å². The van der Waals surface area contributed by atoms with Crippen molar-refractivity contribution in [3.05, 3.63) is 69.2 Å². The van der Waals surface area contributed by atoms with Gasteiger partial charge >= 0.3 is 5.76 Å². The molecule has 0 saturated carbocycles. The Balaban J connectivity index is 2.06. The second kappa shape index (κ2) is 4.84. The molecular formula is C16H14ClNO2. The molecule has 1 atom stereocenters. The molecule has 0 amide bonds. The van der Waals surface area contributed by atoms with Gasteiger partial charge in [0.1, 0.15) is 0 Å². The van der Waals surface area contributed by atoms with Crippen molar-refractivity contribution in [3.63, 3.8) is 0 Å². The van der Waals surface area contributed by atoms with Gasteiger partial charge in [0.05, 0.1) is 10.9 Å². The van der Waals surface area contributed by atoms with Crippen LogP contribution < -0.4 is 5.76 Å². The molecule has 1 N–H and O–H groups in total. The van der Waals surface area contributed by atoms with Crippen molar-refractivity contribution in [1.29, 1.82) is 0 Å². The third-order valence-corrected chi connectivity index (χ3v) is 3.78. The molecule has 0 bridgehead atoms. The van der Waals surface area contributed by atoms with E-state index in [1.54, 1.807) is 0 Å². The lowest BCUT2D eigenvalue weighted by Gasteiger charge is -2.12. The highest BCUT2D eigenvalue weighted by molar-refractivity contribution is 6.22. The van der Waals surface area contributed by atoms with Crippen LogP contribution in [0.3, 0.4) is 0 Å². The number of alkyl halides is 1. The third kappa shape index (κ3) is 2.37. The number of nitrogens with one attached hydrogen (secondary N) is 1. The average Bonchev–Trinajstić information content (AvgIpc) is 2.75. The minimum Gasteiger partial charge on any atom is -0.408 e. The van der Waals surface area contributed by atoms with E-state index in [9.17, 15) is 4.79 Å². The van der Waals surface area contributed by atoms with E-state index >= 15 is 0 Å². The van der Waals surface area contributed by atoms with Gasteiger partial charge in [0.2, 0.25) is 0 Å². The van der Waals surface area contributed by atoms with Crippen LogP contribution in [0.25, 0.3) is 11.1 Å². The summed E-state index contributed by atoms with van der Waals surface area (Å²) in [6.07, 6.45) is 0. The number of fused-ring (bicyclic) bond motifs is 1. The molecule has 20 heavy (non-hydrogen) atoms. The molecule has 0 spiro atoms. The fraction of sp³-hybridized carbons (Fsp3) is 0.188. The average molecular weight is 288 g/mol. The molecule has 0 aliphatic rings. The molecule has 0 aliphatic carbocycles. The van der Waals surface area contributed by atoms with Gasteiger partial charge in [-0.15, -0.1) is 11.6 Å². The van der Waals surface area contributed by atoms with E-state index < -0.39 is 5.76 Å². The lowest BCUT2D eigenvalue weighted by molar-refractivity contribution is 0.555. The van der Waals surface area contributed by atoms with Gasteiger partial charge in [0, 0.05) is 0 Å². The number of rotatable bonds is 2. The van der Waals surface area contributed by atoms with Crippen LogP contribution in [0.4, 0.5) is 0 Å². The molecular weight excluding hydrogens is 274 g/mol. The Hall–Kier alpha value is -2.00. The fourth-order valence-electron chi connectivity index (χ4n) is 2.47. The van der Waals surface area contributed by atoms with Crippen molar-refractivity contribution in [2.24, 2.45) is 0 Å². The first-order chi connectivity index (χ1) is 9.52. The maximum absolute atomic E-state index is 11.2. The van der Waals surface area contributed by atoms with Gasteiger partial charge in [0.15, 0.2) is 5.58 Å². The van der Waals surface area contributed by atoms with E-state index in [2.05, 4.69) is 37.0 Å². The summed E-state index contributed by atoms with van der Waals surface area (Å²) in [4.78, 5) is 13.8. The number of hydrogen-bond acceptors (Lipinski definition) is 2. The quantitative estimate of drug-likeness (QED) is 0.722. The lowest BCUT2D eigenvalue weighted by atomic mass is 10.00. The Morgan fingerprint density at radius 2 is 1.75 bits per heavy atom. The number of H-pyrrole nitrogens is 1. The van der Waals surface area contributed by atoms with Crippen LogP contribution in [0, 0.1) is 13.8 Å². The Morgan fingerprint density at radius 3 is 2.45 bits per heavy atom. The molecule has 0 fully saturated rings. The number of hydrogen-bond donors (Lipinski definition) is 1. The highest BCUT2D eigenvalue weighted by atomic mass is 35.5. The van der Waals surface area contributed by atoms with E-state index in [0.29, 0.717) is 11.1 Å². The lowest BCUT2D eigenvalue weighted by Crippen LogP contribution is -1.95. The van der Waals surface area contributed by atoms with E-state index in [4.69, 9.17) is 16.0 Å². The second-order valence-corrected chi connectivity index (χ2v) is 5.49. The van der Waals surface area contributed by atoms with Crippen molar-refractivity contribution in [3.8, 4) is 0 Å². The normalized spacial score (nSPS) is 12.8. The maximum Gasteiger partial charge on any atom is 0.417 e. The first-order valence-corrected chi connectivity index (χ1v) is 6.81. The zero-order valence-electron chi connectivity index (χ0n) is 11.2. The van der Waals surface area contributed by atoms with Crippen LogP contribution in [0.2, 0.25) is 0 Å². The summed E-state index contributed by atoms with van der Waals surface area (Å²) in [5.74, 6) is -0.449. The van der Waals surface area contributed by atoms with Crippen molar-refractivity contribution < 1.29 is 4.42 Å². The first kappa shape index (κ1) is 13.0. The summed E-state index contributed by atoms with van der Waals surface area (Å²) in [7, 11) is 0. The molecule has 1 heterocycles. The predicted molar refractivity (Wildman–Crippen MR) is 80.4 cm³/mol. The topological polar surface area (TPSA) is 46.0 Å². The Morgan fingerprint density at radius 1 is 1.05 bits per heavy atom. The maximum atomic E-state index is 11.2. The number of benzene rings is 2. The molecule has 102 valence electrons. The summed E-state index contributed by atoms with van der Waals surface area (Å²) >= 11 is 6.55. The van der Waals surface area contributed by atoms with E-state index in [0.717, 1.165) is 11.1 Å². The minimum atomic E-state index is -0.449. The summed E-state index contributed by atoms with van der Waals surface area (Å²) in [5.41, 5.74) is 5.53. The molecule has 1 aromatic heterocycles. The fourth-order valence-corrected chi connectivity index (χ4v) is 2.73. The zero-order valence-corrected chi connectivity index (χ0v) is 12.0. The highest BCUT2D eigenvalue weighted by Gasteiger charge is 2.13. The van der Waals surface area contributed by atoms with Crippen LogP contribution in [0.1, 0.15) is 27.6 Å². The first-order valence-electron chi connectivity index (χ1n) is 6.38. The van der Waals surface area contributed by atoms with E-state index in [-0.39, 0.29) is 5.38 Å². The molecule has 1 unspecified atom stereocenters. The van der Waals surface area contributed by atoms with Gasteiger partial charge in [-0.3, -0.25) is 4.98 Å². The Bertz CT molecular complexity index is 812. The summed E-state index contributed by atoms with van der Waals surface area (Å²) in [6, 6.07) is 11.8. The molecule has 2 aromatic carbocycles. The predicted octanol–water partition coefficient (Wildman–Crippen LogP) is 4.07. The van der Waals surface area contributed by atoms with Crippen LogP contribution in [0.15, 0.2) is 45.6 Å². The van der Waals surface area contributed by atoms with Crippen LogP contribution in [-0.4, -0.2) is 4.98 Å². The van der Waals surface area contributed by atoms with Crippen molar-refractivity contribution in [1.82, 2.24) is 4.98 Å². The van der Waals surface area contributed by atoms with Gasteiger partial charge in [-0.1, -0.05) is 35.4 Å². The minimum absolute atomic E-state index is 0.266. The van der Waals surface area contributed by atoms with Gasteiger partial charge < -0.3 is 4.42 Å². The molecule has 0 radical (unpaired) electrons. The standard InChI is InChI=1S/C16H14ClNO2/c1-9-5-10(2)7-12(6-9)15(17)11-3-4-13-14(8-11)20-16(19)18-13/h3-8,15H,1-2H3,(H,18,19). The molecule has 0 saturated heterocycles. The number of aryl methyl sites for hydroxylation is 2. The summed E-state index contributed by atoms with van der Waals surface area (Å²) < 4.78 is 5.07. The number of aromatic amines is 1. The number of halogens is 1. The summed E-state index contributed by atoms with van der Waals surface area (Å²) in [6.45, 7) is 4.10. The van der Waals surface area contributed by atoms with Gasteiger partial charge in [-0.25, -0.2) is 4.79 Å².